The SMILES string of the molecule is Cc1ccc2ncc(C(=O)NCc3cccnc3)c(=O)n2c1. The summed E-state index contributed by atoms with van der Waals surface area (Å²) in [5.41, 5.74) is 1.94. The lowest BCUT2D eigenvalue weighted by Crippen LogP contribution is -2.31. The van der Waals surface area contributed by atoms with Crippen LogP contribution in [0.4, 0.5) is 0 Å². The van der Waals surface area contributed by atoms with Crippen LogP contribution in [0.1, 0.15) is 21.5 Å². The summed E-state index contributed by atoms with van der Waals surface area (Å²) in [5, 5.41) is 2.70. The fraction of sp³-hybridized carbons (Fsp3) is 0.125. The molecule has 0 bridgehead atoms. The van der Waals surface area contributed by atoms with Gasteiger partial charge in [0.05, 0.1) is 0 Å². The van der Waals surface area contributed by atoms with Crippen molar-refractivity contribution >= 4 is 11.6 Å². The first-order valence-electron chi connectivity index (χ1n) is 6.80. The quantitative estimate of drug-likeness (QED) is 0.790. The molecule has 3 aromatic rings. The Morgan fingerprint density at radius 3 is 2.91 bits per heavy atom. The van der Waals surface area contributed by atoms with Crippen LogP contribution in [0, 0.1) is 6.92 Å². The predicted molar refractivity (Wildman–Crippen MR) is 81.6 cm³/mol. The van der Waals surface area contributed by atoms with Crippen molar-refractivity contribution in [3.63, 3.8) is 0 Å². The van der Waals surface area contributed by atoms with Crippen molar-refractivity contribution in [1.29, 1.82) is 0 Å². The van der Waals surface area contributed by atoms with Crippen LogP contribution in [0.3, 0.4) is 0 Å². The van der Waals surface area contributed by atoms with Crippen LogP contribution < -0.4 is 10.9 Å². The molecule has 3 aromatic heterocycles. The van der Waals surface area contributed by atoms with Gasteiger partial charge >= 0.3 is 0 Å². The molecule has 0 saturated heterocycles. The summed E-state index contributed by atoms with van der Waals surface area (Å²) < 4.78 is 1.38. The topological polar surface area (TPSA) is 76.4 Å². The van der Waals surface area contributed by atoms with Crippen LogP contribution in [0.25, 0.3) is 5.65 Å². The van der Waals surface area contributed by atoms with Crippen LogP contribution in [0.5, 0.6) is 0 Å². The van der Waals surface area contributed by atoms with E-state index in [4.69, 9.17) is 0 Å². The summed E-state index contributed by atoms with van der Waals surface area (Å²) >= 11 is 0. The van der Waals surface area contributed by atoms with Gasteiger partial charge in [0.25, 0.3) is 11.5 Å². The van der Waals surface area contributed by atoms with Gasteiger partial charge in [-0.3, -0.25) is 19.0 Å². The number of hydrogen-bond donors (Lipinski definition) is 1. The normalized spacial score (nSPS) is 10.6. The zero-order valence-corrected chi connectivity index (χ0v) is 12.0. The molecule has 0 radical (unpaired) electrons. The maximum Gasteiger partial charge on any atom is 0.270 e. The minimum atomic E-state index is -0.447. The Morgan fingerprint density at radius 2 is 2.14 bits per heavy atom. The molecular formula is C16H14N4O2. The van der Waals surface area contributed by atoms with E-state index in [1.54, 1.807) is 30.7 Å². The lowest BCUT2D eigenvalue weighted by atomic mass is 10.2. The Kier molecular flexibility index (Phi) is 3.65. The summed E-state index contributed by atoms with van der Waals surface area (Å²) in [6.45, 7) is 2.18. The molecule has 0 aliphatic carbocycles. The Balaban J connectivity index is 1.88. The number of rotatable bonds is 3. The molecule has 0 fully saturated rings. The van der Waals surface area contributed by atoms with Crippen LogP contribution >= 0.6 is 0 Å². The molecule has 0 unspecified atom stereocenters. The number of aromatic nitrogens is 3. The molecule has 1 N–H and O–H groups in total. The first kappa shape index (κ1) is 13.9. The van der Waals surface area contributed by atoms with Crippen molar-refractivity contribution in [3.8, 4) is 0 Å². The van der Waals surface area contributed by atoms with Crippen molar-refractivity contribution in [3.05, 3.63) is 76.1 Å². The molecule has 0 saturated carbocycles. The van der Waals surface area contributed by atoms with Crippen LogP contribution in [0.2, 0.25) is 0 Å². The third-order valence-corrected chi connectivity index (χ3v) is 3.27. The maximum atomic E-state index is 12.4. The van der Waals surface area contributed by atoms with E-state index in [0.29, 0.717) is 12.2 Å². The van der Waals surface area contributed by atoms with E-state index in [-0.39, 0.29) is 11.1 Å². The minimum absolute atomic E-state index is 0.0204. The monoisotopic (exact) mass is 294 g/mol. The first-order chi connectivity index (χ1) is 10.6. The molecule has 0 spiro atoms. The van der Waals surface area contributed by atoms with E-state index in [0.717, 1.165) is 11.1 Å². The lowest BCUT2D eigenvalue weighted by molar-refractivity contribution is 0.0949. The van der Waals surface area contributed by atoms with Gasteiger partial charge in [-0.25, -0.2) is 4.98 Å². The highest BCUT2D eigenvalue weighted by Gasteiger charge is 2.13. The third-order valence-electron chi connectivity index (χ3n) is 3.27. The molecule has 3 rings (SSSR count). The highest BCUT2D eigenvalue weighted by atomic mass is 16.2. The van der Waals surface area contributed by atoms with E-state index in [2.05, 4.69) is 15.3 Å². The van der Waals surface area contributed by atoms with Crippen molar-refractivity contribution in [2.24, 2.45) is 0 Å². The Hall–Kier alpha value is -3.02. The molecule has 6 nitrogen and oxygen atoms in total. The van der Waals surface area contributed by atoms with Crippen molar-refractivity contribution in [2.45, 2.75) is 13.5 Å². The Labute approximate surface area is 126 Å². The highest BCUT2D eigenvalue weighted by Crippen LogP contribution is 2.02. The second-order valence-corrected chi connectivity index (χ2v) is 4.96. The van der Waals surface area contributed by atoms with Gasteiger partial charge in [-0.2, -0.15) is 0 Å². The number of pyridine rings is 2. The molecular weight excluding hydrogens is 280 g/mol. The van der Waals surface area contributed by atoms with E-state index in [9.17, 15) is 9.59 Å². The van der Waals surface area contributed by atoms with Crippen molar-refractivity contribution < 1.29 is 4.79 Å². The molecule has 0 aliphatic heterocycles. The molecule has 0 aromatic carbocycles. The fourth-order valence-corrected chi connectivity index (χ4v) is 2.12. The lowest BCUT2D eigenvalue weighted by Gasteiger charge is -2.06. The fourth-order valence-electron chi connectivity index (χ4n) is 2.12. The van der Waals surface area contributed by atoms with Gasteiger partial charge < -0.3 is 5.32 Å². The number of hydrogen-bond acceptors (Lipinski definition) is 4. The maximum absolute atomic E-state index is 12.4. The predicted octanol–water partition coefficient (Wildman–Crippen LogP) is 1.33. The Bertz CT molecular complexity index is 888. The van der Waals surface area contributed by atoms with Gasteiger partial charge in [0.15, 0.2) is 0 Å². The highest BCUT2D eigenvalue weighted by molar-refractivity contribution is 5.93. The van der Waals surface area contributed by atoms with Crippen LogP contribution in [-0.2, 0) is 6.54 Å². The molecule has 0 aliphatic rings. The molecule has 3 heterocycles. The number of fused-ring (bicyclic) bond motifs is 1. The molecule has 110 valence electrons. The number of carbonyl (C=O) groups is 1. The van der Waals surface area contributed by atoms with E-state index in [1.807, 2.05) is 19.1 Å². The van der Waals surface area contributed by atoms with E-state index in [1.165, 1.54) is 10.6 Å². The van der Waals surface area contributed by atoms with Gasteiger partial charge in [-0.15, -0.1) is 0 Å². The van der Waals surface area contributed by atoms with Crippen molar-refractivity contribution in [2.75, 3.05) is 0 Å². The largest absolute Gasteiger partial charge is 0.348 e. The average Bonchev–Trinajstić information content (AvgIpc) is 2.54. The van der Waals surface area contributed by atoms with Crippen LogP contribution in [-0.4, -0.2) is 20.3 Å². The second kappa shape index (κ2) is 5.77. The van der Waals surface area contributed by atoms with Gasteiger partial charge in [-0.05, 0) is 30.2 Å². The summed E-state index contributed by atoms with van der Waals surface area (Å²) in [7, 11) is 0. The summed E-state index contributed by atoms with van der Waals surface area (Å²) in [5.74, 6) is -0.447. The second-order valence-electron chi connectivity index (χ2n) is 4.96. The minimum Gasteiger partial charge on any atom is -0.348 e. The summed E-state index contributed by atoms with van der Waals surface area (Å²) in [6, 6.07) is 7.25. The summed E-state index contributed by atoms with van der Waals surface area (Å²) in [4.78, 5) is 32.7. The summed E-state index contributed by atoms with van der Waals surface area (Å²) in [6.07, 6.45) is 6.30. The number of nitrogens with one attached hydrogen (secondary N) is 1. The zero-order chi connectivity index (χ0) is 15.5. The number of aryl methyl sites for hydroxylation is 1. The molecule has 1 amide bonds. The molecule has 0 atom stereocenters. The molecule has 6 heteroatoms. The van der Waals surface area contributed by atoms with Gasteiger partial charge in [-0.1, -0.05) is 12.1 Å². The van der Waals surface area contributed by atoms with E-state index < -0.39 is 5.91 Å². The first-order valence-corrected chi connectivity index (χ1v) is 6.80. The number of carbonyl (C=O) groups excluding carboxylic acids is 1. The van der Waals surface area contributed by atoms with Gasteiger partial charge in [0.2, 0.25) is 0 Å². The third kappa shape index (κ3) is 2.71. The number of amides is 1. The van der Waals surface area contributed by atoms with Crippen LogP contribution in [0.15, 0.2) is 53.8 Å². The standard InChI is InChI=1S/C16H14N4O2/c1-11-4-5-14-18-9-13(16(22)20(14)10-11)15(21)19-8-12-3-2-6-17-7-12/h2-7,9-10H,8H2,1H3,(H,19,21). The average molecular weight is 294 g/mol. The van der Waals surface area contributed by atoms with Gasteiger partial charge in [0, 0.05) is 31.3 Å². The van der Waals surface area contributed by atoms with Gasteiger partial charge in [0.1, 0.15) is 11.2 Å². The Morgan fingerprint density at radius 1 is 1.27 bits per heavy atom. The number of nitrogens with zero attached hydrogens (tertiary/aromatic N) is 3. The molecule has 22 heavy (non-hydrogen) atoms. The smallest absolute Gasteiger partial charge is 0.270 e. The zero-order valence-electron chi connectivity index (χ0n) is 12.0. The van der Waals surface area contributed by atoms with E-state index >= 15 is 0 Å². The van der Waals surface area contributed by atoms with Crippen molar-refractivity contribution in [1.82, 2.24) is 19.7 Å².